The number of benzene rings is 1. The summed E-state index contributed by atoms with van der Waals surface area (Å²) in [6.45, 7) is 0. The van der Waals surface area contributed by atoms with Gasteiger partial charge in [0.1, 0.15) is 11.6 Å². The number of halogens is 5. The van der Waals surface area contributed by atoms with Gasteiger partial charge in [0.25, 0.3) is 0 Å². The molecule has 0 bridgehead atoms. The van der Waals surface area contributed by atoms with Crippen LogP contribution in [0.5, 0.6) is 0 Å². The van der Waals surface area contributed by atoms with Crippen LogP contribution in [0.2, 0.25) is 5.02 Å². The first-order valence-electron chi connectivity index (χ1n) is 5.57. The van der Waals surface area contributed by atoms with E-state index in [2.05, 4.69) is 31.7 Å². The van der Waals surface area contributed by atoms with E-state index in [0.717, 1.165) is 16.6 Å². The molecule has 0 aliphatic heterocycles. The Morgan fingerprint density at radius 2 is 1.81 bits per heavy atom. The van der Waals surface area contributed by atoms with Crippen molar-refractivity contribution >= 4 is 44.9 Å². The number of nitrogens with zero attached hydrogens (tertiary/aromatic N) is 1. The number of hydrogen-bond acceptors (Lipinski definition) is 4. The second-order valence-electron chi connectivity index (χ2n) is 4.02. The molecular formula is C12H9BrClF3N4. The van der Waals surface area contributed by atoms with Gasteiger partial charge in [0, 0.05) is 4.47 Å². The van der Waals surface area contributed by atoms with Crippen molar-refractivity contribution in [2.45, 2.75) is 6.18 Å². The fourth-order valence-electron chi connectivity index (χ4n) is 1.56. The highest BCUT2D eigenvalue weighted by atomic mass is 79.9. The maximum atomic E-state index is 12.8. The lowest BCUT2D eigenvalue weighted by Gasteiger charge is -2.13. The molecule has 9 heteroatoms. The van der Waals surface area contributed by atoms with Gasteiger partial charge in [-0.1, -0.05) is 27.5 Å². The maximum Gasteiger partial charge on any atom is 0.416 e. The van der Waals surface area contributed by atoms with Crippen LogP contribution in [-0.4, -0.2) is 4.98 Å². The van der Waals surface area contributed by atoms with Crippen molar-refractivity contribution in [2.75, 3.05) is 10.7 Å². The third-order valence-corrected chi connectivity index (χ3v) is 3.30. The van der Waals surface area contributed by atoms with Crippen LogP contribution < -0.4 is 16.6 Å². The molecule has 112 valence electrons. The van der Waals surface area contributed by atoms with Gasteiger partial charge in [-0.25, -0.2) is 10.8 Å². The maximum absolute atomic E-state index is 12.8. The molecule has 0 saturated heterocycles. The SMILES string of the molecule is NNc1cc(C(F)(F)F)cc(Nc2ccc(Br)cc2Cl)n1. The van der Waals surface area contributed by atoms with E-state index in [1.807, 2.05) is 0 Å². The monoisotopic (exact) mass is 380 g/mol. The lowest BCUT2D eigenvalue weighted by atomic mass is 10.2. The third-order valence-electron chi connectivity index (χ3n) is 2.49. The van der Waals surface area contributed by atoms with Gasteiger partial charge in [-0.2, -0.15) is 13.2 Å². The Bertz CT molecular complexity index is 663. The molecule has 4 N–H and O–H groups in total. The van der Waals surface area contributed by atoms with Crippen molar-refractivity contribution in [3.8, 4) is 0 Å². The predicted octanol–water partition coefficient (Wildman–Crippen LogP) is 4.55. The summed E-state index contributed by atoms with van der Waals surface area (Å²) >= 11 is 9.24. The first kappa shape index (κ1) is 15.9. The van der Waals surface area contributed by atoms with Crippen molar-refractivity contribution in [2.24, 2.45) is 5.84 Å². The van der Waals surface area contributed by atoms with Gasteiger partial charge in [0.15, 0.2) is 0 Å². The summed E-state index contributed by atoms with van der Waals surface area (Å²) in [5.41, 5.74) is 1.65. The van der Waals surface area contributed by atoms with Crippen LogP contribution in [-0.2, 0) is 6.18 Å². The quantitative estimate of drug-likeness (QED) is 0.539. The van der Waals surface area contributed by atoms with Gasteiger partial charge in [-0.3, -0.25) is 0 Å². The van der Waals surface area contributed by atoms with E-state index >= 15 is 0 Å². The number of hydrazine groups is 1. The smallest absolute Gasteiger partial charge is 0.339 e. The number of hydrogen-bond donors (Lipinski definition) is 3. The fraction of sp³-hybridized carbons (Fsp3) is 0.0833. The molecule has 0 unspecified atom stereocenters. The Labute approximate surface area is 131 Å². The zero-order valence-corrected chi connectivity index (χ0v) is 12.6. The summed E-state index contributed by atoms with van der Waals surface area (Å²) in [7, 11) is 0. The molecule has 0 amide bonds. The van der Waals surface area contributed by atoms with Crippen LogP contribution in [0.25, 0.3) is 0 Å². The van der Waals surface area contributed by atoms with Crippen LogP contribution in [0.1, 0.15) is 5.56 Å². The van der Waals surface area contributed by atoms with Crippen LogP contribution in [0.4, 0.5) is 30.5 Å². The van der Waals surface area contributed by atoms with Crippen molar-refractivity contribution in [3.63, 3.8) is 0 Å². The highest BCUT2D eigenvalue weighted by Crippen LogP contribution is 2.34. The highest BCUT2D eigenvalue weighted by molar-refractivity contribution is 9.10. The summed E-state index contributed by atoms with van der Waals surface area (Å²) in [4.78, 5) is 3.91. The topological polar surface area (TPSA) is 63.0 Å². The largest absolute Gasteiger partial charge is 0.416 e. The zero-order valence-electron chi connectivity index (χ0n) is 10.3. The summed E-state index contributed by atoms with van der Waals surface area (Å²) in [6.07, 6.45) is -4.51. The second kappa shape index (κ2) is 6.08. The second-order valence-corrected chi connectivity index (χ2v) is 5.34. The number of aromatic nitrogens is 1. The highest BCUT2D eigenvalue weighted by Gasteiger charge is 2.31. The summed E-state index contributed by atoms with van der Waals surface area (Å²) < 4.78 is 39.1. The van der Waals surface area contributed by atoms with Crippen LogP contribution in [0.15, 0.2) is 34.8 Å². The minimum atomic E-state index is -4.51. The summed E-state index contributed by atoms with van der Waals surface area (Å²) in [6, 6.07) is 6.61. The molecule has 21 heavy (non-hydrogen) atoms. The van der Waals surface area contributed by atoms with E-state index in [1.165, 1.54) is 0 Å². The summed E-state index contributed by atoms with van der Waals surface area (Å²) in [5, 5.41) is 3.07. The van der Waals surface area contributed by atoms with E-state index < -0.39 is 11.7 Å². The lowest BCUT2D eigenvalue weighted by molar-refractivity contribution is -0.137. The van der Waals surface area contributed by atoms with Gasteiger partial charge in [-0.05, 0) is 30.3 Å². The van der Waals surface area contributed by atoms with Gasteiger partial charge in [0.2, 0.25) is 0 Å². The molecule has 0 radical (unpaired) electrons. The molecular weight excluding hydrogens is 373 g/mol. The zero-order chi connectivity index (χ0) is 15.6. The lowest BCUT2D eigenvalue weighted by Crippen LogP contribution is -2.13. The number of alkyl halides is 3. The molecule has 0 atom stereocenters. The minimum Gasteiger partial charge on any atom is -0.339 e. The first-order valence-corrected chi connectivity index (χ1v) is 6.74. The Kier molecular flexibility index (Phi) is 4.60. The average molecular weight is 382 g/mol. The van der Waals surface area contributed by atoms with Crippen LogP contribution in [0.3, 0.4) is 0 Å². The van der Waals surface area contributed by atoms with E-state index in [0.29, 0.717) is 10.7 Å². The Morgan fingerprint density at radius 3 is 2.38 bits per heavy atom. The number of nitrogens with one attached hydrogen (secondary N) is 2. The van der Waals surface area contributed by atoms with Gasteiger partial charge in [0.05, 0.1) is 16.3 Å². The first-order chi connectivity index (χ1) is 9.79. The fourth-order valence-corrected chi connectivity index (χ4v) is 2.28. The average Bonchev–Trinajstić information content (AvgIpc) is 2.40. The predicted molar refractivity (Wildman–Crippen MR) is 79.5 cm³/mol. The summed E-state index contributed by atoms with van der Waals surface area (Å²) in [5.74, 6) is 5.00. The Hall–Kier alpha value is -1.51. The molecule has 1 aromatic heterocycles. The minimum absolute atomic E-state index is 0.0259. The Morgan fingerprint density at radius 1 is 1.14 bits per heavy atom. The number of pyridine rings is 1. The van der Waals surface area contributed by atoms with Crippen molar-refractivity contribution in [1.82, 2.24) is 4.98 Å². The molecule has 0 spiro atoms. The number of nitrogen functional groups attached to an aromatic ring is 1. The van der Waals surface area contributed by atoms with E-state index in [-0.39, 0.29) is 11.6 Å². The van der Waals surface area contributed by atoms with Crippen LogP contribution >= 0.6 is 27.5 Å². The van der Waals surface area contributed by atoms with Crippen molar-refractivity contribution < 1.29 is 13.2 Å². The number of anilines is 3. The van der Waals surface area contributed by atoms with Crippen LogP contribution in [0, 0.1) is 0 Å². The molecule has 2 rings (SSSR count). The molecule has 0 aliphatic rings. The van der Waals surface area contributed by atoms with E-state index in [4.69, 9.17) is 17.4 Å². The molecule has 1 heterocycles. The molecule has 0 fully saturated rings. The number of nitrogens with two attached hydrogens (primary N) is 1. The van der Waals surface area contributed by atoms with Gasteiger partial charge in [-0.15, -0.1) is 0 Å². The molecule has 4 nitrogen and oxygen atoms in total. The molecule has 1 aromatic carbocycles. The molecule has 2 aromatic rings. The van der Waals surface area contributed by atoms with Crippen molar-refractivity contribution in [3.05, 3.63) is 45.4 Å². The van der Waals surface area contributed by atoms with Crippen molar-refractivity contribution in [1.29, 1.82) is 0 Å². The van der Waals surface area contributed by atoms with Gasteiger partial charge >= 0.3 is 6.18 Å². The normalized spacial score (nSPS) is 11.3. The molecule has 0 saturated carbocycles. The Balaban J connectivity index is 2.39. The van der Waals surface area contributed by atoms with Gasteiger partial charge < -0.3 is 10.7 Å². The number of rotatable bonds is 3. The van der Waals surface area contributed by atoms with E-state index in [9.17, 15) is 13.2 Å². The standard InChI is InChI=1S/C12H9BrClF3N4/c13-7-1-2-9(8(14)5-7)19-10-3-6(12(15,16)17)4-11(20-10)21-18/h1-5H,18H2,(H2,19,20,21). The molecule has 0 aliphatic carbocycles. The van der Waals surface area contributed by atoms with E-state index in [1.54, 1.807) is 18.2 Å². The third kappa shape index (κ3) is 3.99.